The molecule has 1 aliphatic heterocycles. The highest BCUT2D eigenvalue weighted by Gasteiger charge is 2.37. The van der Waals surface area contributed by atoms with Gasteiger partial charge >= 0.3 is 6.09 Å². The van der Waals surface area contributed by atoms with E-state index in [0.717, 1.165) is 16.7 Å². The Balaban J connectivity index is 1.82. The lowest BCUT2D eigenvalue weighted by Gasteiger charge is -2.37. The number of benzene rings is 2. The van der Waals surface area contributed by atoms with Crippen molar-refractivity contribution in [2.45, 2.75) is 58.3 Å². The van der Waals surface area contributed by atoms with Gasteiger partial charge in [0, 0.05) is 6.42 Å². The molecule has 1 heterocycles. The average molecular weight is 380 g/mol. The molecule has 0 radical (unpaired) electrons. The summed E-state index contributed by atoms with van der Waals surface area (Å²) in [5.41, 5.74) is 2.55. The molecule has 28 heavy (non-hydrogen) atoms. The van der Waals surface area contributed by atoms with Gasteiger partial charge in [0.05, 0.1) is 12.6 Å². The summed E-state index contributed by atoms with van der Waals surface area (Å²) < 4.78 is 5.57. The third kappa shape index (κ3) is 4.71. The Hall–Kier alpha value is -2.82. The zero-order chi connectivity index (χ0) is 20.3. The van der Waals surface area contributed by atoms with E-state index in [-0.39, 0.29) is 11.9 Å². The zero-order valence-corrected chi connectivity index (χ0v) is 16.9. The molecule has 5 nitrogen and oxygen atoms in total. The number of nitrogens with one attached hydrogen (secondary N) is 1. The Morgan fingerprint density at radius 1 is 1.04 bits per heavy atom. The van der Waals surface area contributed by atoms with E-state index in [9.17, 15) is 9.59 Å². The van der Waals surface area contributed by atoms with Gasteiger partial charge in [0.1, 0.15) is 11.6 Å². The number of carbonyl (C=O) groups excluding carboxylic acids is 2. The van der Waals surface area contributed by atoms with Crippen LogP contribution in [0.1, 0.15) is 50.4 Å². The first-order valence-electron chi connectivity index (χ1n) is 9.66. The SMILES string of the molecule is C[C@@H](NC(=O)[C@H]1Cc2ccccc2CN1C(=O)OC(C)(C)C)c1ccccc1. The zero-order valence-electron chi connectivity index (χ0n) is 16.9. The van der Waals surface area contributed by atoms with E-state index in [4.69, 9.17) is 4.74 Å². The summed E-state index contributed by atoms with van der Waals surface area (Å²) in [7, 11) is 0. The van der Waals surface area contributed by atoms with Crippen molar-refractivity contribution in [2.24, 2.45) is 0 Å². The van der Waals surface area contributed by atoms with Gasteiger partial charge in [-0.1, -0.05) is 54.6 Å². The summed E-state index contributed by atoms with van der Waals surface area (Å²) in [5, 5.41) is 3.06. The van der Waals surface area contributed by atoms with Crippen LogP contribution in [0.15, 0.2) is 54.6 Å². The molecule has 2 aromatic rings. The van der Waals surface area contributed by atoms with Crippen molar-refractivity contribution in [3.8, 4) is 0 Å². The van der Waals surface area contributed by atoms with E-state index in [0.29, 0.717) is 13.0 Å². The van der Waals surface area contributed by atoms with Gasteiger partial charge in [0.25, 0.3) is 0 Å². The van der Waals surface area contributed by atoms with Gasteiger partial charge in [-0.25, -0.2) is 4.79 Å². The maximum Gasteiger partial charge on any atom is 0.411 e. The minimum atomic E-state index is -0.619. The molecular formula is C23H28N2O3. The lowest BCUT2D eigenvalue weighted by molar-refractivity contribution is -0.127. The van der Waals surface area contributed by atoms with Crippen LogP contribution >= 0.6 is 0 Å². The van der Waals surface area contributed by atoms with Gasteiger partial charge in [-0.3, -0.25) is 9.69 Å². The number of hydrogen-bond donors (Lipinski definition) is 1. The number of rotatable bonds is 3. The van der Waals surface area contributed by atoms with Crippen LogP contribution in [0, 0.1) is 0 Å². The van der Waals surface area contributed by atoms with E-state index in [1.165, 1.54) is 0 Å². The first kappa shape index (κ1) is 19.9. The number of amides is 2. The topological polar surface area (TPSA) is 58.6 Å². The minimum absolute atomic E-state index is 0.147. The molecule has 0 bridgehead atoms. The fraction of sp³-hybridized carbons (Fsp3) is 0.391. The summed E-state index contributed by atoms with van der Waals surface area (Å²) >= 11 is 0. The van der Waals surface area contributed by atoms with Crippen LogP contribution in [0.25, 0.3) is 0 Å². The molecule has 2 aromatic carbocycles. The normalized spacial score (nSPS) is 17.4. The molecule has 0 saturated heterocycles. The fourth-order valence-corrected chi connectivity index (χ4v) is 3.40. The second-order valence-electron chi connectivity index (χ2n) is 8.24. The van der Waals surface area contributed by atoms with Gasteiger partial charge in [-0.05, 0) is 44.4 Å². The predicted molar refractivity (Wildman–Crippen MR) is 109 cm³/mol. The van der Waals surface area contributed by atoms with Crippen molar-refractivity contribution >= 4 is 12.0 Å². The van der Waals surface area contributed by atoms with Crippen LogP contribution < -0.4 is 5.32 Å². The van der Waals surface area contributed by atoms with Gasteiger partial charge in [0.15, 0.2) is 0 Å². The molecule has 3 rings (SSSR count). The Morgan fingerprint density at radius 2 is 1.64 bits per heavy atom. The Morgan fingerprint density at radius 3 is 2.29 bits per heavy atom. The molecule has 2 amide bonds. The summed E-state index contributed by atoms with van der Waals surface area (Å²) in [5.74, 6) is -0.170. The van der Waals surface area contributed by atoms with E-state index in [1.54, 1.807) is 4.90 Å². The Labute approximate surface area is 166 Å². The lowest BCUT2D eigenvalue weighted by Crippen LogP contribution is -2.53. The van der Waals surface area contributed by atoms with Crippen LogP contribution in [0.5, 0.6) is 0 Å². The van der Waals surface area contributed by atoms with Crippen molar-refractivity contribution in [3.05, 3.63) is 71.3 Å². The van der Waals surface area contributed by atoms with Gasteiger partial charge in [-0.2, -0.15) is 0 Å². The molecule has 0 spiro atoms. The number of nitrogens with zero attached hydrogens (tertiary/aromatic N) is 1. The van der Waals surface area contributed by atoms with Gasteiger partial charge in [0.2, 0.25) is 5.91 Å². The standard InChI is InChI=1S/C23H28N2O3/c1-16(17-10-6-5-7-11-17)24-21(26)20-14-18-12-8-9-13-19(18)15-25(20)22(27)28-23(2,3)4/h5-13,16,20H,14-15H2,1-4H3,(H,24,26)/t16-,20-/m1/s1. The second kappa shape index (κ2) is 8.05. The van der Waals surface area contributed by atoms with E-state index in [2.05, 4.69) is 5.32 Å². The minimum Gasteiger partial charge on any atom is -0.444 e. The largest absolute Gasteiger partial charge is 0.444 e. The molecule has 148 valence electrons. The molecule has 1 N–H and O–H groups in total. The van der Waals surface area contributed by atoms with Gasteiger partial charge in [-0.15, -0.1) is 0 Å². The third-order valence-corrected chi connectivity index (χ3v) is 4.84. The smallest absolute Gasteiger partial charge is 0.411 e. The molecule has 0 saturated carbocycles. The van der Waals surface area contributed by atoms with Crippen LogP contribution in [-0.2, 0) is 22.5 Å². The third-order valence-electron chi connectivity index (χ3n) is 4.84. The van der Waals surface area contributed by atoms with E-state index < -0.39 is 17.7 Å². The molecule has 2 atom stereocenters. The Kier molecular flexibility index (Phi) is 5.73. The summed E-state index contributed by atoms with van der Waals surface area (Å²) in [6.45, 7) is 7.80. The highest BCUT2D eigenvalue weighted by molar-refractivity contribution is 5.87. The summed E-state index contributed by atoms with van der Waals surface area (Å²) in [4.78, 5) is 27.5. The van der Waals surface area contributed by atoms with Crippen molar-refractivity contribution in [1.29, 1.82) is 0 Å². The highest BCUT2D eigenvalue weighted by Crippen LogP contribution is 2.26. The number of ether oxygens (including phenoxy) is 1. The number of fused-ring (bicyclic) bond motifs is 1. The number of carbonyl (C=O) groups is 2. The first-order chi connectivity index (χ1) is 13.2. The van der Waals surface area contributed by atoms with Crippen LogP contribution in [-0.4, -0.2) is 28.5 Å². The highest BCUT2D eigenvalue weighted by atomic mass is 16.6. The van der Waals surface area contributed by atoms with Crippen molar-refractivity contribution in [3.63, 3.8) is 0 Å². The Bertz CT molecular complexity index is 842. The number of hydrogen-bond acceptors (Lipinski definition) is 3. The van der Waals surface area contributed by atoms with Crippen LogP contribution in [0.4, 0.5) is 4.79 Å². The van der Waals surface area contributed by atoms with E-state index >= 15 is 0 Å². The maximum atomic E-state index is 13.1. The van der Waals surface area contributed by atoms with Gasteiger partial charge < -0.3 is 10.1 Å². The van der Waals surface area contributed by atoms with Crippen molar-refractivity contribution < 1.29 is 14.3 Å². The molecule has 0 unspecified atom stereocenters. The summed E-state index contributed by atoms with van der Waals surface area (Å²) in [6.07, 6.45) is 0.0115. The lowest BCUT2D eigenvalue weighted by atomic mass is 9.93. The molecule has 0 aromatic heterocycles. The fourth-order valence-electron chi connectivity index (χ4n) is 3.40. The maximum absolute atomic E-state index is 13.1. The molecule has 5 heteroatoms. The molecule has 1 aliphatic rings. The van der Waals surface area contributed by atoms with Crippen LogP contribution in [0.3, 0.4) is 0 Å². The van der Waals surface area contributed by atoms with Crippen molar-refractivity contribution in [1.82, 2.24) is 10.2 Å². The molecule has 0 aliphatic carbocycles. The second-order valence-corrected chi connectivity index (χ2v) is 8.24. The molecular weight excluding hydrogens is 352 g/mol. The monoisotopic (exact) mass is 380 g/mol. The average Bonchev–Trinajstić information content (AvgIpc) is 2.66. The quantitative estimate of drug-likeness (QED) is 0.867. The van der Waals surface area contributed by atoms with Crippen molar-refractivity contribution in [2.75, 3.05) is 0 Å². The summed E-state index contributed by atoms with van der Waals surface area (Å²) in [6, 6.07) is 17.0. The van der Waals surface area contributed by atoms with Crippen LogP contribution in [0.2, 0.25) is 0 Å². The molecule has 0 fully saturated rings. The first-order valence-corrected chi connectivity index (χ1v) is 9.66. The van der Waals surface area contributed by atoms with E-state index in [1.807, 2.05) is 82.3 Å². The predicted octanol–water partition coefficient (Wildman–Crippen LogP) is 4.23.